The van der Waals surface area contributed by atoms with Gasteiger partial charge in [-0.05, 0) is 53.8 Å². The van der Waals surface area contributed by atoms with Gasteiger partial charge in [-0.1, -0.05) is 74.1 Å². The molecular formula is C33H31N3O3S. The van der Waals surface area contributed by atoms with E-state index in [0.717, 1.165) is 22.6 Å². The van der Waals surface area contributed by atoms with Crippen molar-refractivity contribution in [3.8, 4) is 11.8 Å². The number of benzene rings is 3. The molecule has 3 aromatic carbocycles. The first kappa shape index (κ1) is 27.3. The molecule has 0 saturated carbocycles. The zero-order valence-corrected chi connectivity index (χ0v) is 23.6. The van der Waals surface area contributed by atoms with E-state index < -0.39 is 5.92 Å². The molecule has 0 fully saturated rings. The normalized spacial score (nSPS) is 17.9. The number of amides is 1. The van der Waals surface area contributed by atoms with Crippen LogP contribution in [0.5, 0.6) is 5.75 Å². The fourth-order valence-electron chi connectivity index (χ4n) is 5.41. The topological polar surface area (TPSA) is 82.4 Å². The number of ketones is 1. The second-order valence-electron chi connectivity index (χ2n) is 10.7. The molecule has 3 aromatic rings. The van der Waals surface area contributed by atoms with Gasteiger partial charge < -0.3 is 10.1 Å². The fraction of sp³-hybridized carbons (Fsp3) is 0.242. The lowest BCUT2D eigenvalue weighted by molar-refractivity contribution is -0.118. The maximum absolute atomic E-state index is 13.7. The standard InChI is InChI=1S/C33H31N3O3S/c1-33(2)18-27-31(28(37)19-33)30(22-14-16-25(39-3)17-15-22)26(20-34)32(35-27)40-21-29(38)36(23-10-6-4-7-11-23)24-12-8-5-9-13-24/h4-17,30,35H,18-19,21H2,1-3H3/t30-/m0/s1. The maximum atomic E-state index is 13.7. The molecule has 1 N–H and O–H groups in total. The molecule has 40 heavy (non-hydrogen) atoms. The number of thioether (sulfide) groups is 1. The zero-order chi connectivity index (χ0) is 28.3. The van der Waals surface area contributed by atoms with Gasteiger partial charge in [-0.2, -0.15) is 5.26 Å². The molecule has 7 heteroatoms. The van der Waals surface area contributed by atoms with Crippen molar-refractivity contribution in [2.75, 3.05) is 17.8 Å². The molecule has 1 atom stereocenters. The lowest BCUT2D eigenvalue weighted by Gasteiger charge is -2.39. The molecule has 5 rings (SSSR count). The van der Waals surface area contributed by atoms with Gasteiger partial charge in [0, 0.05) is 29.1 Å². The Morgan fingerprint density at radius 1 is 1.00 bits per heavy atom. The molecule has 0 aromatic heterocycles. The summed E-state index contributed by atoms with van der Waals surface area (Å²) in [6, 6.07) is 28.9. The Labute approximate surface area is 239 Å². The molecule has 202 valence electrons. The van der Waals surface area contributed by atoms with Gasteiger partial charge in [0.25, 0.3) is 0 Å². The van der Waals surface area contributed by atoms with Gasteiger partial charge in [0.15, 0.2) is 5.78 Å². The molecule has 0 radical (unpaired) electrons. The van der Waals surface area contributed by atoms with Gasteiger partial charge in [0.1, 0.15) is 5.75 Å². The van der Waals surface area contributed by atoms with E-state index in [2.05, 4.69) is 25.2 Å². The lowest BCUT2D eigenvalue weighted by Crippen LogP contribution is -2.37. The third-order valence-corrected chi connectivity index (χ3v) is 8.20. The number of rotatable bonds is 7. The third-order valence-electron chi connectivity index (χ3n) is 7.19. The number of ether oxygens (including phenoxy) is 1. The SMILES string of the molecule is COc1ccc([C@H]2C(C#N)=C(SCC(=O)N(c3ccccc3)c3ccccc3)NC3=C2C(=O)CC(C)(C)C3)cc1. The summed E-state index contributed by atoms with van der Waals surface area (Å²) in [6.07, 6.45) is 1.10. The molecule has 1 aliphatic heterocycles. The third kappa shape index (κ3) is 5.54. The number of methoxy groups -OCH3 is 1. The summed E-state index contributed by atoms with van der Waals surface area (Å²) in [5.74, 6) is 0.231. The number of para-hydroxylation sites is 2. The van der Waals surface area contributed by atoms with E-state index in [1.807, 2.05) is 84.9 Å². The first-order valence-corrected chi connectivity index (χ1v) is 14.2. The van der Waals surface area contributed by atoms with Crippen molar-refractivity contribution in [1.29, 1.82) is 5.26 Å². The number of dihydropyridines is 1. The van der Waals surface area contributed by atoms with Crippen LogP contribution in [-0.2, 0) is 9.59 Å². The highest BCUT2D eigenvalue weighted by Crippen LogP contribution is 2.48. The highest BCUT2D eigenvalue weighted by molar-refractivity contribution is 8.03. The highest BCUT2D eigenvalue weighted by Gasteiger charge is 2.42. The predicted molar refractivity (Wildman–Crippen MR) is 159 cm³/mol. The number of carbonyl (C=O) groups is 2. The van der Waals surface area contributed by atoms with Crippen LogP contribution in [0.25, 0.3) is 0 Å². The number of hydrogen-bond acceptors (Lipinski definition) is 6. The lowest BCUT2D eigenvalue weighted by atomic mass is 9.69. The highest BCUT2D eigenvalue weighted by atomic mass is 32.2. The smallest absolute Gasteiger partial charge is 0.241 e. The average molecular weight is 550 g/mol. The van der Waals surface area contributed by atoms with Gasteiger partial charge >= 0.3 is 0 Å². The van der Waals surface area contributed by atoms with E-state index in [9.17, 15) is 14.9 Å². The molecule has 1 heterocycles. The van der Waals surface area contributed by atoms with E-state index in [0.29, 0.717) is 34.8 Å². The first-order chi connectivity index (χ1) is 19.3. The minimum atomic E-state index is -0.507. The molecule has 0 bridgehead atoms. The number of nitrogens with zero attached hydrogens (tertiary/aromatic N) is 2. The van der Waals surface area contributed by atoms with E-state index in [-0.39, 0.29) is 22.9 Å². The first-order valence-electron chi connectivity index (χ1n) is 13.2. The monoisotopic (exact) mass is 549 g/mol. The molecular weight excluding hydrogens is 518 g/mol. The van der Waals surface area contributed by atoms with Crippen LogP contribution in [0.1, 0.15) is 38.2 Å². The van der Waals surface area contributed by atoms with Crippen LogP contribution >= 0.6 is 11.8 Å². The Bertz CT molecular complexity index is 1480. The molecule has 2 aliphatic rings. The summed E-state index contributed by atoms with van der Waals surface area (Å²) in [7, 11) is 1.60. The Balaban J connectivity index is 1.50. The molecule has 1 aliphatic carbocycles. The molecule has 0 spiro atoms. The van der Waals surface area contributed by atoms with Crippen LogP contribution in [0.3, 0.4) is 0 Å². The van der Waals surface area contributed by atoms with Gasteiger partial charge in [-0.25, -0.2) is 0 Å². The average Bonchev–Trinajstić information content (AvgIpc) is 2.96. The van der Waals surface area contributed by atoms with E-state index in [1.165, 1.54) is 11.8 Å². The molecule has 0 saturated heterocycles. The molecule has 1 amide bonds. The number of Topliss-reactive ketones (excluding diaryl/α,β-unsaturated/α-hetero) is 1. The second-order valence-corrected chi connectivity index (χ2v) is 11.7. The van der Waals surface area contributed by atoms with Crippen molar-refractivity contribution in [3.05, 3.63) is 112 Å². The van der Waals surface area contributed by atoms with Crippen LogP contribution < -0.4 is 15.0 Å². The summed E-state index contributed by atoms with van der Waals surface area (Å²) in [4.78, 5) is 28.9. The number of hydrogen-bond donors (Lipinski definition) is 1. The van der Waals surface area contributed by atoms with E-state index in [1.54, 1.807) is 12.0 Å². The summed E-state index contributed by atoms with van der Waals surface area (Å²) in [6.45, 7) is 4.16. The maximum Gasteiger partial charge on any atom is 0.241 e. The van der Waals surface area contributed by atoms with Crippen molar-refractivity contribution in [3.63, 3.8) is 0 Å². The second kappa shape index (κ2) is 11.4. The predicted octanol–water partition coefficient (Wildman–Crippen LogP) is 6.86. The molecule has 6 nitrogen and oxygen atoms in total. The fourth-order valence-corrected chi connectivity index (χ4v) is 6.32. The zero-order valence-electron chi connectivity index (χ0n) is 22.8. The van der Waals surface area contributed by atoms with Crippen molar-refractivity contribution in [1.82, 2.24) is 5.32 Å². The van der Waals surface area contributed by atoms with Crippen molar-refractivity contribution in [2.24, 2.45) is 5.41 Å². The van der Waals surface area contributed by atoms with Gasteiger partial charge in [-0.15, -0.1) is 0 Å². The Morgan fingerprint density at radius 3 is 2.15 bits per heavy atom. The Hall–Kier alpha value is -4.28. The van der Waals surface area contributed by atoms with Gasteiger partial charge in [0.05, 0.1) is 35.5 Å². The van der Waals surface area contributed by atoms with Gasteiger partial charge in [-0.3, -0.25) is 14.5 Å². The molecule has 0 unspecified atom stereocenters. The number of nitriles is 1. The van der Waals surface area contributed by atoms with E-state index in [4.69, 9.17) is 4.74 Å². The van der Waals surface area contributed by atoms with Crippen molar-refractivity contribution in [2.45, 2.75) is 32.6 Å². The quantitative estimate of drug-likeness (QED) is 0.347. The van der Waals surface area contributed by atoms with Crippen LogP contribution in [0.4, 0.5) is 11.4 Å². The van der Waals surface area contributed by atoms with Gasteiger partial charge in [0.2, 0.25) is 5.91 Å². The number of anilines is 2. The van der Waals surface area contributed by atoms with Crippen LogP contribution in [0, 0.1) is 16.7 Å². The summed E-state index contributed by atoms with van der Waals surface area (Å²) >= 11 is 1.30. The Morgan fingerprint density at radius 2 is 1.60 bits per heavy atom. The summed E-state index contributed by atoms with van der Waals surface area (Å²) in [5, 5.41) is 14.4. The van der Waals surface area contributed by atoms with Crippen LogP contribution in [0.15, 0.2) is 107 Å². The summed E-state index contributed by atoms with van der Waals surface area (Å²) in [5.41, 5.74) is 4.10. The minimum absolute atomic E-state index is 0.0479. The van der Waals surface area contributed by atoms with E-state index >= 15 is 0 Å². The number of nitrogens with one attached hydrogen (secondary N) is 1. The van der Waals surface area contributed by atoms with Crippen molar-refractivity contribution >= 4 is 34.8 Å². The number of carbonyl (C=O) groups excluding carboxylic acids is 2. The number of allylic oxidation sites excluding steroid dienone is 3. The summed E-state index contributed by atoms with van der Waals surface area (Å²) < 4.78 is 5.33. The van der Waals surface area contributed by atoms with Crippen molar-refractivity contribution < 1.29 is 14.3 Å². The largest absolute Gasteiger partial charge is 0.497 e. The Kier molecular flexibility index (Phi) is 7.81. The van der Waals surface area contributed by atoms with Crippen LogP contribution in [-0.4, -0.2) is 24.6 Å². The minimum Gasteiger partial charge on any atom is -0.497 e. The van der Waals surface area contributed by atoms with Crippen LogP contribution in [0.2, 0.25) is 0 Å².